The lowest BCUT2D eigenvalue weighted by Gasteiger charge is -2.24. The molecule has 2 aromatic rings. The Hall–Kier alpha value is -2.14. The first-order valence-corrected chi connectivity index (χ1v) is 8.74. The maximum Gasteiger partial charge on any atom is 0.160 e. The molecule has 0 fully saturated rings. The Balaban J connectivity index is 1.73. The van der Waals surface area contributed by atoms with E-state index in [1.165, 1.54) is 49.3 Å². The summed E-state index contributed by atoms with van der Waals surface area (Å²) in [7, 11) is 0. The number of hydrogen-bond donors (Lipinski definition) is 0. The van der Waals surface area contributed by atoms with Gasteiger partial charge in [-0.2, -0.15) is 0 Å². The van der Waals surface area contributed by atoms with Gasteiger partial charge >= 0.3 is 0 Å². The predicted octanol–water partition coefficient (Wildman–Crippen LogP) is 5.66. The van der Waals surface area contributed by atoms with Gasteiger partial charge in [-0.05, 0) is 66.6 Å². The van der Waals surface area contributed by atoms with Crippen LogP contribution in [0.3, 0.4) is 0 Å². The fraction of sp³-hybridized carbons (Fsp3) is 0.364. The highest BCUT2D eigenvalue weighted by Crippen LogP contribution is 2.29. The molecule has 0 aromatic heterocycles. The molecule has 3 rings (SSSR count). The molecule has 0 nitrogen and oxygen atoms in total. The van der Waals surface area contributed by atoms with E-state index in [1.54, 1.807) is 0 Å². The van der Waals surface area contributed by atoms with Gasteiger partial charge in [-0.1, -0.05) is 44.1 Å². The third-order valence-corrected chi connectivity index (χ3v) is 4.77. The van der Waals surface area contributed by atoms with E-state index in [0.29, 0.717) is 5.56 Å². The summed E-state index contributed by atoms with van der Waals surface area (Å²) in [5.74, 6) is 5.10. The zero-order valence-electron chi connectivity index (χ0n) is 14.0. The van der Waals surface area contributed by atoms with E-state index >= 15 is 0 Å². The Morgan fingerprint density at radius 2 is 1.71 bits per heavy atom. The topological polar surface area (TPSA) is 0 Å². The van der Waals surface area contributed by atoms with Crippen molar-refractivity contribution in [1.29, 1.82) is 0 Å². The first-order chi connectivity index (χ1) is 11.7. The summed E-state index contributed by atoms with van der Waals surface area (Å²) in [6.07, 6.45) is 7.46. The number of aryl methyl sites for hydroxylation is 1. The number of unbranched alkanes of at least 4 members (excludes halogenated alkanes) is 1. The molecule has 2 aromatic carbocycles. The Morgan fingerprint density at radius 1 is 0.958 bits per heavy atom. The Bertz CT molecular complexity index is 780. The third-order valence-electron chi connectivity index (χ3n) is 4.77. The monoisotopic (exact) mass is 324 g/mol. The summed E-state index contributed by atoms with van der Waals surface area (Å²) < 4.78 is 26.1. The van der Waals surface area contributed by atoms with E-state index < -0.39 is 11.6 Å². The molecule has 0 N–H and O–H groups in total. The first kappa shape index (κ1) is 16.7. The van der Waals surface area contributed by atoms with E-state index in [1.807, 2.05) is 6.07 Å². The molecular formula is C22H22F2. The van der Waals surface area contributed by atoms with Crippen molar-refractivity contribution in [3.05, 3.63) is 70.3 Å². The number of hydrogen-bond acceptors (Lipinski definition) is 0. The van der Waals surface area contributed by atoms with E-state index in [0.717, 1.165) is 30.0 Å². The highest BCUT2D eigenvalue weighted by Gasteiger charge is 2.18. The lowest BCUT2D eigenvalue weighted by atomic mass is 9.81. The van der Waals surface area contributed by atoms with Crippen LogP contribution in [0.15, 0.2) is 36.4 Å². The molecule has 0 heterocycles. The molecule has 0 bridgehead atoms. The van der Waals surface area contributed by atoms with Crippen LogP contribution in [-0.2, 0) is 12.8 Å². The molecule has 2 heteroatoms. The van der Waals surface area contributed by atoms with Crippen molar-refractivity contribution in [2.24, 2.45) is 5.92 Å². The molecule has 124 valence electrons. The molecule has 1 aliphatic rings. The zero-order chi connectivity index (χ0) is 16.9. The summed E-state index contributed by atoms with van der Waals surface area (Å²) in [6.45, 7) is 2.24. The van der Waals surface area contributed by atoms with E-state index in [9.17, 15) is 8.78 Å². The number of halogens is 2. The third kappa shape index (κ3) is 4.03. The second kappa shape index (κ2) is 7.62. The van der Waals surface area contributed by atoms with Crippen molar-refractivity contribution in [2.75, 3.05) is 0 Å². The minimum atomic E-state index is -0.856. The van der Waals surface area contributed by atoms with Crippen LogP contribution in [0, 0.1) is 29.4 Å². The molecule has 0 aliphatic heterocycles. The van der Waals surface area contributed by atoms with Crippen molar-refractivity contribution < 1.29 is 8.78 Å². The van der Waals surface area contributed by atoms with Crippen molar-refractivity contribution in [1.82, 2.24) is 0 Å². The van der Waals surface area contributed by atoms with E-state index in [2.05, 4.69) is 30.9 Å². The van der Waals surface area contributed by atoms with Gasteiger partial charge in [0.05, 0.1) is 0 Å². The maximum absolute atomic E-state index is 13.2. The lowest BCUT2D eigenvalue weighted by Crippen LogP contribution is -2.14. The average molecular weight is 324 g/mol. The molecule has 1 atom stereocenters. The maximum atomic E-state index is 13.2. The minimum Gasteiger partial charge on any atom is -0.204 e. The van der Waals surface area contributed by atoms with Crippen LogP contribution >= 0.6 is 0 Å². The first-order valence-electron chi connectivity index (χ1n) is 8.74. The standard InChI is InChI=1S/C22H22F2/c1-2-3-4-16-7-10-20-14-17(8-11-19(20)13-16)5-6-18-9-12-21(23)22(24)15-18/h8-9,11-12,14-16H,2-4,7,10,13H2,1H3. The van der Waals surface area contributed by atoms with Gasteiger partial charge in [0.25, 0.3) is 0 Å². The number of benzene rings is 2. The number of rotatable bonds is 3. The van der Waals surface area contributed by atoms with Gasteiger partial charge in [0, 0.05) is 11.1 Å². The highest BCUT2D eigenvalue weighted by atomic mass is 19.2. The normalized spacial score (nSPS) is 16.2. The van der Waals surface area contributed by atoms with E-state index in [4.69, 9.17) is 0 Å². The molecule has 0 amide bonds. The minimum absolute atomic E-state index is 0.492. The highest BCUT2D eigenvalue weighted by molar-refractivity contribution is 5.46. The second-order valence-corrected chi connectivity index (χ2v) is 6.61. The van der Waals surface area contributed by atoms with Crippen LogP contribution in [-0.4, -0.2) is 0 Å². The Morgan fingerprint density at radius 3 is 2.46 bits per heavy atom. The molecular weight excluding hydrogens is 302 g/mol. The quantitative estimate of drug-likeness (QED) is 0.639. The van der Waals surface area contributed by atoms with Gasteiger partial charge in [0.2, 0.25) is 0 Å². The van der Waals surface area contributed by atoms with Gasteiger partial charge in [-0.15, -0.1) is 0 Å². The fourth-order valence-corrected chi connectivity index (χ4v) is 3.37. The molecule has 0 spiro atoms. The summed E-state index contributed by atoms with van der Waals surface area (Å²) in [5.41, 5.74) is 4.26. The summed E-state index contributed by atoms with van der Waals surface area (Å²) >= 11 is 0. The van der Waals surface area contributed by atoms with Gasteiger partial charge in [-0.3, -0.25) is 0 Å². The van der Waals surface area contributed by atoms with Crippen molar-refractivity contribution in [3.63, 3.8) is 0 Å². The summed E-state index contributed by atoms with van der Waals surface area (Å²) in [6, 6.07) is 10.1. The Labute approximate surface area is 142 Å². The van der Waals surface area contributed by atoms with E-state index in [-0.39, 0.29) is 0 Å². The van der Waals surface area contributed by atoms with Gasteiger partial charge in [0.15, 0.2) is 11.6 Å². The van der Waals surface area contributed by atoms with Crippen LogP contribution in [0.5, 0.6) is 0 Å². The van der Waals surface area contributed by atoms with Crippen LogP contribution in [0.1, 0.15) is 54.9 Å². The average Bonchev–Trinajstić information content (AvgIpc) is 2.60. The second-order valence-electron chi connectivity index (χ2n) is 6.61. The van der Waals surface area contributed by atoms with Crippen LogP contribution in [0.2, 0.25) is 0 Å². The molecule has 24 heavy (non-hydrogen) atoms. The molecule has 1 unspecified atom stereocenters. The van der Waals surface area contributed by atoms with Gasteiger partial charge in [0.1, 0.15) is 0 Å². The van der Waals surface area contributed by atoms with Crippen LogP contribution < -0.4 is 0 Å². The lowest BCUT2D eigenvalue weighted by molar-refractivity contribution is 0.413. The predicted molar refractivity (Wildman–Crippen MR) is 93.8 cm³/mol. The Kier molecular flexibility index (Phi) is 5.30. The molecule has 0 radical (unpaired) electrons. The zero-order valence-corrected chi connectivity index (χ0v) is 14.0. The van der Waals surface area contributed by atoms with Crippen LogP contribution in [0.4, 0.5) is 8.78 Å². The van der Waals surface area contributed by atoms with Gasteiger partial charge in [-0.25, -0.2) is 8.78 Å². The fourth-order valence-electron chi connectivity index (χ4n) is 3.37. The smallest absolute Gasteiger partial charge is 0.160 e. The largest absolute Gasteiger partial charge is 0.204 e. The summed E-state index contributed by atoms with van der Waals surface area (Å²) in [5, 5.41) is 0. The summed E-state index contributed by atoms with van der Waals surface area (Å²) in [4.78, 5) is 0. The molecule has 0 saturated heterocycles. The SMILES string of the molecule is CCCCC1CCc2cc(C#Cc3ccc(F)c(F)c3)ccc2C1. The molecule has 0 saturated carbocycles. The van der Waals surface area contributed by atoms with Crippen molar-refractivity contribution in [2.45, 2.75) is 45.4 Å². The van der Waals surface area contributed by atoms with Crippen LogP contribution in [0.25, 0.3) is 0 Å². The van der Waals surface area contributed by atoms with Crippen molar-refractivity contribution >= 4 is 0 Å². The van der Waals surface area contributed by atoms with Crippen molar-refractivity contribution in [3.8, 4) is 11.8 Å². The number of fused-ring (bicyclic) bond motifs is 1. The molecule has 1 aliphatic carbocycles. The van der Waals surface area contributed by atoms with Gasteiger partial charge < -0.3 is 0 Å².